The molecule has 3 nitrogen and oxygen atoms in total. The van der Waals surface area contributed by atoms with Crippen LogP contribution in [0, 0.1) is 11.8 Å². The van der Waals surface area contributed by atoms with Gasteiger partial charge >= 0.3 is 0 Å². The molecular weight excluding hydrogens is 358 g/mol. The molecule has 0 saturated carbocycles. The molecule has 0 N–H and O–H groups in total. The number of nitrogens with zero attached hydrogens (tertiary/aromatic N) is 1. The van der Waals surface area contributed by atoms with Crippen LogP contribution in [0.3, 0.4) is 0 Å². The van der Waals surface area contributed by atoms with Gasteiger partial charge in [0.2, 0.25) is 0 Å². The van der Waals surface area contributed by atoms with Crippen molar-refractivity contribution in [3.8, 4) is 11.8 Å². The van der Waals surface area contributed by atoms with E-state index < -0.39 is 11.3 Å². The zero-order chi connectivity index (χ0) is 21.6. The standard InChI is InChI=1S/C26H27NO2/c1-7-10-20(8-2)13-14-21-11-9-12-22(18-21)26(4,5)23-15-16-24(28)27(6)25(29)19(3)17-23/h7-12,15-18H,3H2,1-2,4-6H3/b10-7-,16-15-,20-8+,23-17+. The van der Waals surface area contributed by atoms with Gasteiger partial charge in [0.05, 0.1) is 0 Å². The first-order chi connectivity index (χ1) is 13.7. The smallest absolute Gasteiger partial charge is 0.259 e. The molecule has 0 aromatic heterocycles. The van der Waals surface area contributed by atoms with Crippen molar-refractivity contribution in [2.75, 3.05) is 7.05 Å². The monoisotopic (exact) mass is 385 g/mol. The van der Waals surface area contributed by atoms with Crippen LogP contribution < -0.4 is 0 Å². The van der Waals surface area contributed by atoms with Crippen molar-refractivity contribution < 1.29 is 9.59 Å². The Kier molecular flexibility index (Phi) is 6.96. The van der Waals surface area contributed by atoms with E-state index >= 15 is 0 Å². The van der Waals surface area contributed by atoms with Crippen LogP contribution in [0.2, 0.25) is 0 Å². The molecular formula is C26H27NO2. The zero-order valence-electron chi connectivity index (χ0n) is 17.7. The maximum absolute atomic E-state index is 12.3. The topological polar surface area (TPSA) is 37.4 Å². The van der Waals surface area contributed by atoms with Gasteiger partial charge in [-0.15, -0.1) is 0 Å². The molecule has 1 aliphatic rings. The predicted octanol–water partition coefficient (Wildman–Crippen LogP) is 4.88. The summed E-state index contributed by atoms with van der Waals surface area (Å²) in [5.41, 5.74) is 3.58. The van der Waals surface area contributed by atoms with Crippen molar-refractivity contribution in [2.45, 2.75) is 33.1 Å². The first-order valence-corrected chi connectivity index (χ1v) is 9.53. The van der Waals surface area contributed by atoms with Crippen LogP contribution in [-0.4, -0.2) is 23.8 Å². The summed E-state index contributed by atoms with van der Waals surface area (Å²) in [6, 6.07) is 8.01. The van der Waals surface area contributed by atoms with E-state index in [1.165, 1.54) is 13.1 Å². The fourth-order valence-corrected chi connectivity index (χ4v) is 2.96. The Bertz CT molecular complexity index is 1020. The maximum Gasteiger partial charge on any atom is 0.259 e. The molecule has 0 radical (unpaired) electrons. The van der Waals surface area contributed by atoms with Gasteiger partial charge in [-0.25, -0.2) is 0 Å². The van der Waals surface area contributed by atoms with Gasteiger partial charge in [-0.3, -0.25) is 14.5 Å². The molecule has 148 valence electrons. The number of amides is 2. The number of carbonyl (C=O) groups excluding carboxylic acids is 2. The van der Waals surface area contributed by atoms with Crippen LogP contribution in [0.4, 0.5) is 0 Å². The SMILES string of the molecule is C=C1/C=C(C(C)(C)c2cccc(C#CC(/C=C\C)=C/C)c2)\C=C/C(=O)N(C)C1=O. The van der Waals surface area contributed by atoms with E-state index in [0.29, 0.717) is 0 Å². The van der Waals surface area contributed by atoms with Crippen molar-refractivity contribution in [3.05, 3.63) is 95.1 Å². The molecule has 1 aromatic rings. The van der Waals surface area contributed by atoms with Crippen molar-refractivity contribution >= 4 is 11.8 Å². The van der Waals surface area contributed by atoms with E-state index in [2.05, 4.69) is 32.3 Å². The van der Waals surface area contributed by atoms with Gasteiger partial charge in [0.15, 0.2) is 0 Å². The van der Waals surface area contributed by atoms with Crippen molar-refractivity contribution in [2.24, 2.45) is 0 Å². The highest BCUT2D eigenvalue weighted by Crippen LogP contribution is 2.34. The zero-order valence-corrected chi connectivity index (χ0v) is 17.7. The first kappa shape index (κ1) is 21.9. The van der Waals surface area contributed by atoms with Crippen molar-refractivity contribution in [3.63, 3.8) is 0 Å². The maximum atomic E-state index is 12.3. The third kappa shape index (κ3) is 5.12. The molecule has 0 aliphatic carbocycles. The Balaban J connectivity index is 2.46. The molecule has 2 amide bonds. The van der Waals surface area contributed by atoms with E-state index in [1.807, 2.05) is 56.3 Å². The highest BCUT2D eigenvalue weighted by molar-refractivity contribution is 6.09. The Labute approximate surface area is 173 Å². The lowest BCUT2D eigenvalue weighted by Gasteiger charge is -2.29. The molecule has 0 spiro atoms. The lowest BCUT2D eigenvalue weighted by atomic mass is 9.76. The number of rotatable bonds is 3. The van der Waals surface area contributed by atoms with Gasteiger partial charge in [-0.1, -0.05) is 68.7 Å². The van der Waals surface area contributed by atoms with E-state index in [-0.39, 0.29) is 11.5 Å². The van der Waals surface area contributed by atoms with Gasteiger partial charge in [0, 0.05) is 35.2 Å². The van der Waals surface area contributed by atoms with Crippen molar-refractivity contribution in [1.82, 2.24) is 4.90 Å². The van der Waals surface area contributed by atoms with E-state index in [4.69, 9.17) is 0 Å². The molecule has 1 heterocycles. The number of allylic oxidation sites excluding steroid dienone is 6. The van der Waals surface area contributed by atoms with E-state index in [1.54, 1.807) is 12.2 Å². The summed E-state index contributed by atoms with van der Waals surface area (Å²) < 4.78 is 0. The molecule has 1 aromatic carbocycles. The first-order valence-electron chi connectivity index (χ1n) is 9.53. The summed E-state index contributed by atoms with van der Waals surface area (Å²) in [6.45, 7) is 11.9. The minimum Gasteiger partial charge on any atom is -0.278 e. The van der Waals surface area contributed by atoms with Crippen LogP contribution in [0.15, 0.2) is 84.0 Å². The molecule has 3 heteroatoms. The van der Waals surface area contributed by atoms with Crippen LogP contribution >= 0.6 is 0 Å². The Hall–Kier alpha value is -3.38. The summed E-state index contributed by atoms with van der Waals surface area (Å²) in [7, 11) is 1.46. The van der Waals surface area contributed by atoms with Gasteiger partial charge in [-0.05, 0) is 43.2 Å². The Morgan fingerprint density at radius 2 is 1.90 bits per heavy atom. The van der Waals surface area contributed by atoms with Crippen LogP contribution in [0.25, 0.3) is 0 Å². The summed E-state index contributed by atoms with van der Waals surface area (Å²) in [4.78, 5) is 25.5. The molecule has 1 aliphatic heterocycles. The summed E-state index contributed by atoms with van der Waals surface area (Å²) in [6.07, 6.45) is 10.9. The quantitative estimate of drug-likeness (QED) is 0.322. The normalized spacial score (nSPS) is 18.7. The lowest BCUT2D eigenvalue weighted by molar-refractivity contribution is -0.137. The van der Waals surface area contributed by atoms with Gasteiger partial charge < -0.3 is 0 Å². The number of carbonyl (C=O) groups is 2. The van der Waals surface area contributed by atoms with Crippen LogP contribution in [0.5, 0.6) is 0 Å². The highest BCUT2D eigenvalue weighted by Gasteiger charge is 2.27. The second kappa shape index (κ2) is 9.21. The fraction of sp³-hybridized carbons (Fsp3) is 0.231. The molecule has 0 bridgehead atoms. The van der Waals surface area contributed by atoms with E-state index in [9.17, 15) is 9.59 Å². The summed E-state index contributed by atoms with van der Waals surface area (Å²) in [5.74, 6) is 5.63. The van der Waals surface area contributed by atoms with Gasteiger partial charge in [0.25, 0.3) is 11.8 Å². The molecule has 29 heavy (non-hydrogen) atoms. The van der Waals surface area contributed by atoms with Crippen LogP contribution in [0.1, 0.15) is 38.8 Å². The fourth-order valence-electron chi connectivity index (χ4n) is 2.96. The number of hydrogen-bond donors (Lipinski definition) is 0. The number of benzene rings is 1. The average molecular weight is 386 g/mol. The van der Waals surface area contributed by atoms with Crippen molar-refractivity contribution in [1.29, 1.82) is 0 Å². The summed E-state index contributed by atoms with van der Waals surface area (Å²) in [5, 5.41) is 0. The largest absolute Gasteiger partial charge is 0.278 e. The van der Waals surface area contributed by atoms with Crippen LogP contribution in [-0.2, 0) is 15.0 Å². The minimum atomic E-state index is -0.444. The van der Waals surface area contributed by atoms with Gasteiger partial charge in [0.1, 0.15) is 0 Å². The number of likely N-dealkylation sites (N-methyl/N-ethyl adjacent to an activating group) is 1. The Morgan fingerprint density at radius 3 is 2.55 bits per heavy atom. The molecule has 0 saturated heterocycles. The average Bonchev–Trinajstić information content (AvgIpc) is 2.71. The Morgan fingerprint density at radius 1 is 1.17 bits per heavy atom. The second-order valence-electron chi connectivity index (χ2n) is 7.36. The number of hydrogen-bond acceptors (Lipinski definition) is 2. The summed E-state index contributed by atoms with van der Waals surface area (Å²) >= 11 is 0. The molecule has 0 fully saturated rings. The minimum absolute atomic E-state index is 0.285. The van der Waals surface area contributed by atoms with Gasteiger partial charge in [-0.2, -0.15) is 0 Å². The third-order valence-electron chi connectivity index (χ3n) is 4.96. The molecule has 0 unspecified atom stereocenters. The highest BCUT2D eigenvalue weighted by atomic mass is 16.2. The molecule has 0 atom stereocenters. The third-order valence-corrected chi connectivity index (χ3v) is 4.96. The lowest BCUT2D eigenvalue weighted by Crippen LogP contribution is -2.34. The second-order valence-corrected chi connectivity index (χ2v) is 7.36. The van der Waals surface area contributed by atoms with E-state index in [0.717, 1.165) is 27.2 Å². The molecule has 2 rings (SSSR count). The predicted molar refractivity (Wildman–Crippen MR) is 119 cm³/mol. The number of imide groups is 1.